The van der Waals surface area contributed by atoms with Gasteiger partial charge in [-0.2, -0.15) is 0 Å². The van der Waals surface area contributed by atoms with Gasteiger partial charge in [-0.25, -0.2) is 0 Å². The highest BCUT2D eigenvalue weighted by atomic mass is 14.5. The lowest BCUT2D eigenvalue weighted by atomic mass is 9.53. The molecule has 26 heavy (non-hydrogen) atoms. The third kappa shape index (κ3) is 3.07. The molecule has 0 saturated heterocycles. The molecule has 0 heterocycles. The lowest BCUT2D eigenvalue weighted by Gasteiger charge is -2.49. The summed E-state index contributed by atoms with van der Waals surface area (Å²) in [7, 11) is 0. The highest BCUT2D eigenvalue weighted by Crippen LogP contribution is 2.54. The zero-order chi connectivity index (χ0) is 18.8. The van der Waals surface area contributed by atoms with Crippen LogP contribution in [0.25, 0.3) is 0 Å². The van der Waals surface area contributed by atoms with Crippen LogP contribution in [0.15, 0.2) is 84.5 Å². The molecule has 2 unspecified atom stereocenters. The molecule has 2 atom stereocenters. The maximum absolute atomic E-state index is 2.53. The van der Waals surface area contributed by atoms with Crippen molar-refractivity contribution in [2.75, 3.05) is 0 Å². The Kier molecular flexibility index (Phi) is 5.23. The van der Waals surface area contributed by atoms with Gasteiger partial charge in [-0.1, -0.05) is 114 Å². The maximum Gasteiger partial charge on any atom is 0.0348 e. The standard InChI is InChI=1S/C26H32/c1-6-20(2)21-17-18-24(19-21)26(25(3,4)5,22-13-9-7-10-14-22)23-15-11-8-12-16-23/h7-20,24H,6H2,1-5H3. The molecule has 136 valence electrons. The minimum absolute atomic E-state index is 0.0616. The van der Waals surface area contributed by atoms with E-state index in [4.69, 9.17) is 0 Å². The molecule has 0 radical (unpaired) electrons. The molecule has 1 aliphatic carbocycles. The highest BCUT2D eigenvalue weighted by Gasteiger charge is 2.49. The van der Waals surface area contributed by atoms with Gasteiger partial charge in [-0.15, -0.1) is 0 Å². The highest BCUT2D eigenvalue weighted by molar-refractivity contribution is 5.49. The summed E-state index contributed by atoms with van der Waals surface area (Å²) in [6.07, 6.45) is 8.51. The van der Waals surface area contributed by atoms with E-state index in [0.29, 0.717) is 11.8 Å². The molecule has 0 fully saturated rings. The zero-order valence-corrected chi connectivity index (χ0v) is 16.9. The van der Waals surface area contributed by atoms with Gasteiger partial charge >= 0.3 is 0 Å². The van der Waals surface area contributed by atoms with Crippen LogP contribution in [0.5, 0.6) is 0 Å². The quantitative estimate of drug-likeness (QED) is 0.539. The van der Waals surface area contributed by atoms with Crippen molar-refractivity contribution in [2.24, 2.45) is 17.3 Å². The summed E-state index contributed by atoms with van der Waals surface area (Å²) in [6.45, 7) is 11.8. The normalized spacial score (nSPS) is 18.7. The lowest BCUT2D eigenvalue weighted by Crippen LogP contribution is -2.46. The minimum atomic E-state index is -0.0960. The van der Waals surface area contributed by atoms with Gasteiger partial charge in [-0.3, -0.25) is 0 Å². The smallest absolute Gasteiger partial charge is 0.0348 e. The van der Waals surface area contributed by atoms with E-state index in [-0.39, 0.29) is 10.8 Å². The van der Waals surface area contributed by atoms with Gasteiger partial charge in [0.1, 0.15) is 0 Å². The van der Waals surface area contributed by atoms with Gasteiger partial charge in [0, 0.05) is 11.3 Å². The Balaban J connectivity index is 2.27. The zero-order valence-electron chi connectivity index (χ0n) is 16.9. The Morgan fingerprint density at radius 3 is 1.77 bits per heavy atom. The third-order valence-corrected chi connectivity index (χ3v) is 6.19. The molecule has 2 aromatic rings. The number of hydrogen-bond acceptors (Lipinski definition) is 0. The Morgan fingerprint density at radius 1 is 0.846 bits per heavy atom. The van der Waals surface area contributed by atoms with E-state index in [0.717, 1.165) is 0 Å². The maximum atomic E-state index is 2.53. The van der Waals surface area contributed by atoms with Gasteiger partial charge in [0.2, 0.25) is 0 Å². The fourth-order valence-corrected chi connectivity index (χ4v) is 4.69. The van der Waals surface area contributed by atoms with Crippen LogP contribution in [0.3, 0.4) is 0 Å². The topological polar surface area (TPSA) is 0 Å². The SMILES string of the molecule is CCC(C)C1=CC(C(c2ccccc2)(c2ccccc2)C(C)(C)C)C=C1. The predicted octanol–water partition coefficient (Wildman–Crippen LogP) is 7.18. The van der Waals surface area contributed by atoms with E-state index in [1.54, 1.807) is 0 Å². The fourth-order valence-electron chi connectivity index (χ4n) is 4.69. The molecule has 0 spiro atoms. The molecule has 0 amide bonds. The lowest BCUT2D eigenvalue weighted by molar-refractivity contribution is 0.195. The Bertz CT molecular complexity index is 732. The molecule has 3 rings (SSSR count). The van der Waals surface area contributed by atoms with Crippen molar-refractivity contribution in [2.45, 2.75) is 46.5 Å². The monoisotopic (exact) mass is 344 g/mol. The molecule has 0 bridgehead atoms. The first-order valence-electron chi connectivity index (χ1n) is 9.92. The summed E-state index contributed by atoms with van der Waals surface area (Å²) in [5.41, 5.74) is 4.25. The van der Waals surface area contributed by atoms with Crippen molar-refractivity contribution < 1.29 is 0 Å². The van der Waals surface area contributed by atoms with Crippen molar-refractivity contribution in [3.63, 3.8) is 0 Å². The Labute approximate surface area is 159 Å². The Morgan fingerprint density at radius 2 is 1.35 bits per heavy atom. The van der Waals surface area contributed by atoms with Crippen LogP contribution in [-0.4, -0.2) is 0 Å². The minimum Gasteiger partial charge on any atom is -0.0761 e. The predicted molar refractivity (Wildman–Crippen MR) is 113 cm³/mol. The number of benzene rings is 2. The second kappa shape index (κ2) is 7.27. The van der Waals surface area contributed by atoms with Crippen LogP contribution < -0.4 is 0 Å². The van der Waals surface area contributed by atoms with E-state index >= 15 is 0 Å². The van der Waals surface area contributed by atoms with Crippen molar-refractivity contribution >= 4 is 0 Å². The van der Waals surface area contributed by atoms with Crippen LogP contribution in [0.4, 0.5) is 0 Å². The number of allylic oxidation sites excluding steroid dienone is 4. The molecule has 0 saturated carbocycles. The van der Waals surface area contributed by atoms with Crippen molar-refractivity contribution in [3.8, 4) is 0 Å². The molecule has 0 heteroatoms. The molecular weight excluding hydrogens is 312 g/mol. The summed E-state index contributed by atoms with van der Waals surface area (Å²) in [6, 6.07) is 22.2. The molecule has 1 aliphatic rings. The Hall–Kier alpha value is -2.08. The largest absolute Gasteiger partial charge is 0.0761 e. The first-order chi connectivity index (χ1) is 12.4. The second-order valence-corrected chi connectivity index (χ2v) is 8.65. The molecule has 2 aromatic carbocycles. The summed E-state index contributed by atoms with van der Waals surface area (Å²) in [4.78, 5) is 0. The average molecular weight is 345 g/mol. The van der Waals surface area contributed by atoms with Crippen molar-refractivity contribution in [1.29, 1.82) is 0 Å². The van der Waals surface area contributed by atoms with Gasteiger partial charge in [0.15, 0.2) is 0 Å². The number of rotatable bonds is 5. The van der Waals surface area contributed by atoms with Crippen LogP contribution >= 0.6 is 0 Å². The van der Waals surface area contributed by atoms with Crippen LogP contribution in [0.1, 0.15) is 52.2 Å². The van der Waals surface area contributed by atoms with E-state index in [9.17, 15) is 0 Å². The van der Waals surface area contributed by atoms with E-state index in [1.807, 2.05) is 0 Å². The third-order valence-electron chi connectivity index (χ3n) is 6.19. The van der Waals surface area contributed by atoms with Crippen LogP contribution in [-0.2, 0) is 5.41 Å². The summed E-state index contributed by atoms with van der Waals surface area (Å²) >= 11 is 0. The van der Waals surface area contributed by atoms with Crippen molar-refractivity contribution in [1.82, 2.24) is 0 Å². The van der Waals surface area contributed by atoms with E-state index < -0.39 is 0 Å². The summed E-state index contributed by atoms with van der Waals surface area (Å²) < 4.78 is 0. The number of hydrogen-bond donors (Lipinski definition) is 0. The molecule has 0 N–H and O–H groups in total. The fraction of sp³-hybridized carbons (Fsp3) is 0.385. The van der Waals surface area contributed by atoms with Gasteiger partial charge in [0.25, 0.3) is 0 Å². The van der Waals surface area contributed by atoms with Crippen LogP contribution in [0, 0.1) is 17.3 Å². The molecule has 0 nitrogen and oxygen atoms in total. The molecule has 0 aromatic heterocycles. The second-order valence-electron chi connectivity index (χ2n) is 8.65. The summed E-state index contributed by atoms with van der Waals surface area (Å²) in [5, 5.41) is 0. The molecule has 0 aliphatic heterocycles. The van der Waals surface area contributed by atoms with Crippen LogP contribution in [0.2, 0.25) is 0 Å². The van der Waals surface area contributed by atoms with Gasteiger partial charge in [0.05, 0.1) is 0 Å². The van der Waals surface area contributed by atoms with Gasteiger partial charge < -0.3 is 0 Å². The first-order valence-corrected chi connectivity index (χ1v) is 9.92. The van der Waals surface area contributed by atoms with E-state index in [2.05, 4.69) is 114 Å². The van der Waals surface area contributed by atoms with Crippen molar-refractivity contribution in [3.05, 3.63) is 95.6 Å². The first kappa shape index (κ1) is 18.7. The average Bonchev–Trinajstić information content (AvgIpc) is 3.12. The summed E-state index contributed by atoms with van der Waals surface area (Å²) in [5.74, 6) is 0.969. The van der Waals surface area contributed by atoms with Gasteiger partial charge in [-0.05, 0) is 34.5 Å². The van der Waals surface area contributed by atoms with E-state index in [1.165, 1.54) is 23.1 Å². The molecular formula is C26H32.